The minimum absolute atomic E-state index is 0.00759. The summed E-state index contributed by atoms with van der Waals surface area (Å²) in [6.07, 6.45) is 2.47. The van der Waals surface area contributed by atoms with Crippen LogP contribution in [0.1, 0.15) is 24.3 Å². The standard InChI is InChI=1S/C12H17NO2/c14-8-9(7-13-10-5-6-10)11-3-1-2-4-12(11)15/h1-4,9-10,13-15H,5-8H2. The SMILES string of the molecule is OCC(CNC1CC1)c1ccccc1O. The molecule has 2 rings (SSSR count). The summed E-state index contributed by atoms with van der Waals surface area (Å²) in [5, 5.41) is 22.3. The first-order valence-electron chi connectivity index (χ1n) is 5.43. The van der Waals surface area contributed by atoms with E-state index in [9.17, 15) is 10.2 Å². The maximum atomic E-state index is 9.65. The third-order valence-electron chi connectivity index (χ3n) is 2.83. The van der Waals surface area contributed by atoms with E-state index >= 15 is 0 Å². The van der Waals surface area contributed by atoms with Gasteiger partial charge in [0.2, 0.25) is 0 Å². The molecule has 0 saturated heterocycles. The molecule has 1 aliphatic rings. The lowest BCUT2D eigenvalue weighted by Gasteiger charge is -2.16. The van der Waals surface area contributed by atoms with Crippen molar-refractivity contribution in [1.29, 1.82) is 0 Å². The lowest BCUT2D eigenvalue weighted by atomic mass is 9.99. The zero-order chi connectivity index (χ0) is 10.7. The smallest absolute Gasteiger partial charge is 0.119 e. The number of phenols is 1. The molecule has 1 aromatic carbocycles. The Hall–Kier alpha value is -1.06. The Balaban J connectivity index is 2.00. The van der Waals surface area contributed by atoms with Gasteiger partial charge in [0.05, 0.1) is 6.61 Å². The van der Waals surface area contributed by atoms with E-state index in [1.54, 1.807) is 12.1 Å². The minimum atomic E-state index is -0.00759. The lowest BCUT2D eigenvalue weighted by Crippen LogP contribution is -2.25. The molecule has 0 radical (unpaired) electrons. The van der Waals surface area contributed by atoms with Crippen molar-refractivity contribution in [2.24, 2.45) is 0 Å². The molecule has 3 nitrogen and oxygen atoms in total. The fraction of sp³-hybridized carbons (Fsp3) is 0.500. The second kappa shape index (κ2) is 4.64. The molecule has 15 heavy (non-hydrogen) atoms. The van der Waals surface area contributed by atoms with Gasteiger partial charge in [-0.05, 0) is 18.9 Å². The van der Waals surface area contributed by atoms with Gasteiger partial charge in [0, 0.05) is 24.1 Å². The first-order chi connectivity index (χ1) is 7.31. The molecule has 1 saturated carbocycles. The Kier molecular flexibility index (Phi) is 3.23. The van der Waals surface area contributed by atoms with Crippen LogP contribution in [0.5, 0.6) is 5.75 Å². The zero-order valence-corrected chi connectivity index (χ0v) is 8.69. The second-order valence-corrected chi connectivity index (χ2v) is 4.12. The number of nitrogens with one attached hydrogen (secondary N) is 1. The highest BCUT2D eigenvalue weighted by Gasteiger charge is 2.22. The van der Waals surface area contributed by atoms with Crippen molar-refractivity contribution >= 4 is 0 Å². The number of aromatic hydroxyl groups is 1. The second-order valence-electron chi connectivity index (χ2n) is 4.12. The van der Waals surface area contributed by atoms with Gasteiger partial charge in [0.15, 0.2) is 0 Å². The van der Waals surface area contributed by atoms with E-state index in [1.807, 2.05) is 12.1 Å². The van der Waals surface area contributed by atoms with Crippen LogP contribution in [0.2, 0.25) is 0 Å². The molecule has 1 unspecified atom stereocenters. The van der Waals surface area contributed by atoms with Crippen molar-refractivity contribution in [3.63, 3.8) is 0 Å². The summed E-state index contributed by atoms with van der Waals surface area (Å²) in [5.41, 5.74) is 0.827. The predicted octanol–water partition coefficient (Wildman–Crippen LogP) is 1.22. The fourth-order valence-electron chi connectivity index (χ4n) is 1.70. The van der Waals surface area contributed by atoms with Crippen molar-refractivity contribution in [3.8, 4) is 5.75 Å². The van der Waals surface area contributed by atoms with Gasteiger partial charge in [-0.2, -0.15) is 0 Å². The first-order valence-corrected chi connectivity index (χ1v) is 5.43. The summed E-state index contributed by atoms with van der Waals surface area (Å²) in [6, 6.07) is 7.83. The van der Waals surface area contributed by atoms with Gasteiger partial charge in [-0.3, -0.25) is 0 Å². The van der Waals surface area contributed by atoms with E-state index in [-0.39, 0.29) is 18.3 Å². The third kappa shape index (κ3) is 2.70. The van der Waals surface area contributed by atoms with Crippen molar-refractivity contribution < 1.29 is 10.2 Å². The molecule has 1 fully saturated rings. The van der Waals surface area contributed by atoms with Crippen molar-refractivity contribution in [1.82, 2.24) is 5.32 Å². The molecule has 0 aliphatic heterocycles. The van der Waals surface area contributed by atoms with Gasteiger partial charge >= 0.3 is 0 Å². The Labute approximate surface area is 89.8 Å². The maximum Gasteiger partial charge on any atom is 0.119 e. The molecule has 1 aromatic rings. The van der Waals surface area contributed by atoms with Crippen LogP contribution in [0.3, 0.4) is 0 Å². The average Bonchev–Trinajstić information content (AvgIpc) is 3.05. The van der Waals surface area contributed by atoms with Gasteiger partial charge in [-0.1, -0.05) is 18.2 Å². The zero-order valence-electron chi connectivity index (χ0n) is 8.69. The Morgan fingerprint density at radius 2 is 2.07 bits per heavy atom. The summed E-state index contributed by atoms with van der Waals surface area (Å²) >= 11 is 0. The summed E-state index contributed by atoms with van der Waals surface area (Å²) in [5.74, 6) is 0.265. The number of hydrogen-bond acceptors (Lipinski definition) is 3. The van der Waals surface area contributed by atoms with Crippen LogP contribution in [-0.4, -0.2) is 29.4 Å². The van der Waals surface area contributed by atoms with Crippen LogP contribution in [0.4, 0.5) is 0 Å². The van der Waals surface area contributed by atoms with E-state index in [2.05, 4.69) is 5.32 Å². The highest BCUT2D eigenvalue weighted by Crippen LogP contribution is 2.26. The van der Waals surface area contributed by atoms with E-state index in [0.717, 1.165) is 12.1 Å². The fourth-order valence-corrected chi connectivity index (χ4v) is 1.70. The summed E-state index contributed by atoms with van der Waals surface area (Å²) in [6.45, 7) is 0.802. The van der Waals surface area contributed by atoms with Crippen LogP contribution in [0, 0.1) is 0 Å². The molecule has 0 aromatic heterocycles. The van der Waals surface area contributed by atoms with Gasteiger partial charge in [0.25, 0.3) is 0 Å². The van der Waals surface area contributed by atoms with Crippen molar-refractivity contribution in [3.05, 3.63) is 29.8 Å². The predicted molar refractivity (Wildman–Crippen MR) is 59.0 cm³/mol. The number of aliphatic hydroxyl groups excluding tert-OH is 1. The monoisotopic (exact) mass is 207 g/mol. The van der Waals surface area contributed by atoms with Gasteiger partial charge < -0.3 is 15.5 Å². The van der Waals surface area contributed by atoms with Crippen molar-refractivity contribution in [2.75, 3.05) is 13.2 Å². The van der Waals surface area contributed by atoms with E-state index < -0.39 is 0 Å². The number of para-hydroxylation sites is 1. The molecule has 0 amide bonds. The molecule has 3 N–H and O–H groups in total. The van der Waals surface area contributed by atoms with Crippen LogP contribution in [0.15, 0.2) is 24.3 Å². The number of phenolic OH excluding ortho intramolecular Hbond substituents is 1. The molecule has 0 heterocycles. The summed E-state index contributed by atoms with van der Waals surface area (Å²) in [4.78, 5) is 0. The molecular weight excluding hydrogens is 190 g/mol. The molecule has 82 valence electrons. The molecule has 0 bridgehead atoms. The van der Waals surface area contributed by atoms with Gasteiger partial charge in [-0.15, -0.1) is 0 Å². The van der Waals surface area contributed by atoms with Crippen LogP contribution < -0.4 is 5.32 Å². The number of rotatable bonds is 5. The Bertz CT molecular complexity index is 323. The summed E-state index contributed by atoms with van der Waals surface area (Å²) in [7, 11) is 0. The van der Waals surface area contributed by atoms with Gasteiger partial charge in [-0.25, -0.2) is 0 Å². The normalized spacial score (nSPS) is 17.7. The Morgan fingerprint density at radius 1 is 1.33 bits per heavy atom. The summed E-state index contributed by atoms with van der Waals surface area (Å²) < 4.78 is 0. The van der Waals surface area contributed by atoms with E-state index in [4.69, 9.17) is 0 Å². The average molecular weight is 207 g/mol. The minimum Gasteiger partial charge on any atom is -0.508 e. The molecular formula is C12H17NO2. The Morgan fingerprint density at radius 3 is 2.67 bits per heavy atom. The van der Waals surface area contributed by atoms with Gasteiger partial charge in [0.1, 0.15) is 5.75 Å². The molecule has 1 atom stereocenters. The molecule has 0 spiro atoms. The van der Waals surface area contributed by atoms with Crippen LogP contribution in [-0.2, 0) is 0 Å². The quantitative estimate of drug-likeness (QED) is 0.680. The highest BCUT2D eigenvalue weighted by molar-refractivity contribution is 5.35. The third-order valence-corrected chi connectivity index (χ3v) is 2.83. The largest absolute Gasteiger partial charge is 0.508 e. The topological polar surface area (TPSA) is 52.5 Å². The van der Waals surface area contributed by atoms with E-state index in [1.165, 1.54) is 12.8 Å². The van der Waals surface area contributed by atoms with Crippen LogP contribution >= 0.6 is 0 Å². The van der Waals surface area contributed by atoms with Crippen LogP contribution in [0.25, 0.3) is 0 Å². The maximum absolute atomic E-state index is 9.65. The van der Waals surface area contributed by atoms with Crippen molar-refractivity contribution in [2.45, 2.75) is 24.8 Å². The number of hydrogen-bond donors (Lipinski definition) is 3. The first kappa shape index (κ1) is 10.5. The molecule has 3 heteroatoms. The van der Waals surface area contributed by atoms with E-state index in [0.29, 0.717) is 6.04 Å². The molecule has 1 aliphatic carbocycles. The number of benzene rings is 1. The number of aliphatic hydroxyl groups is 1. The lowest BCUT2D eigenvalue weighted by molar-refractivity contribution is 0.258. The highest BCUT2D eigenvalue weighted by atomic mass is 16.3.